The molecule has 0 bridgehead atoms. The molecule has 0 heterocycles. The fourth-order valence-electron chi connectivity index (χ4n) is 1.78. The Kier molecular flexibility index (Phi) is 5.28. The van der Waals surface area contributed by atoms with Gasteiger partial charge in [0.2, 0.25) is 5.91 Å². The van der Waals surface area contributed by atoms with Crippen LogP contribution in [0.25, 0.3) is 0 Å². The Labute approximate surface area is 142 Å². The predicted octanol–water partition coefficient (Wildman–Crippen LogP) is 5.41. The molecule has 0 aliphatic rings. The van der Waals surface area contributed by atoms with Crippen LogP contribution in [0, 0.1) is 0 Å². The van der Waals surface area contributed by atoms with Crippen molar-refractivity contribution in [1.29, 1.82) is 0 Å². The number of carbonyl (C=O) groups excluding carboxylic acids is 1. The third kappa shape index (κ3) is 4.58. The summed E-state index contributed by atoms with van der Waals surface area (Å²) in [5, 5.41) is 2.71. The summed E-state index contributed by atoms with van der Waals surface area (Å²) in [6, 6.07) is 9.87. The number of hydrogen-bond donors (Lipinski definition) is 1. The molecule has 0 fully saturated rings. The predicted molar refractivity (Wildman–Crippen MR) is 85.6 cm³/mol. The van der Waals surface area contributed by atoms with Crippen LogP contribution in [0.1, 0.15) is 11.1 Å². The smallest absolute Gasteiger partial charge is 0.325 e. The van der Waals surface area contributed by atoms with Crippen molar-refractivity contribution in [3.63, 3.8) is 0 Å². The molecule has 0 spiro atoms. The zero-order chi connectivity index (χ0) is 16.3. The largest absolute Gasteiger partial charge is 0.416 e. The van der Waals surface area contributed by atoms with Gasteiger partial charge >= 0.3 is 6.18 Å². The van der Waals surface area contributed by atoms with E-state index in [-0.39, 0.29) is 12.3 Å². The van der Waals surface area contributed by atoms with Gasteiger partial charge in [0.05, 0.1) is 17.7 Å². The van der Waals surface area contributed by atoms with E-state index in [0.29, 0.717) is 11.3 Å². The molecule has 22 heavy (non-hydrogen) atoms. The molecule has 116 valence electrons. The first-order valence-corrected chi connectivity index (χ1v) is 7.75. The van der Waals surface area contributed by atoms with Gasteiger partial charge in [0, 0.05) is 8.95 Å². The molecule has 0 atom stereocenters. The summed E-state index contributed by atoms with van der Waals surface area (Å²) in [5.74, 6) is -0.307. The number of halogens is 5. The Morgan fingerprint density at radius 2 is 1.68 bits per heavy atom. The molecule has 2 aromatic rings. The van der Waals surface area contributed by atoms with Crippen LogP contribution in [0.15, 0.2) is 51.4 Å². The van der Waals surface area contributed by atoms with E-state index < -0.39 is 11.7 Å². The minimum absolute atomic E-state index is 0.00289. The summed E-state index contributed by atoms with van der Waals surface area (Å²) in [7, 11) is 0. The van der Waals surface area contributed by atoms with Gasteiger partial charge in [-0.15, -0.1) is 0 Å². The monoisotopic (exact) mass is 435 g/mol. The zero-order valence-electron chi connectivity index (χ0n) is 11.0. The van der Waals surface area contributed by atoms with Crippen molar-refractivity contribution < 1.29 is 18.0 Å². The molecule has 2 nitrogen and oxygen atoms in total. The van der Waals surface area contributed by atoms with Crippen LogP contribution in [0.2, 0.25) is 0 Å². The maximum absolute atomic E-state index is 12.5. The van der Waals surface area contributed by atoms with E-state index in [4.69, 9.17) is 0 Å². The molecule has 0 saturated heterocycles. The minimum atomic E-state index is -4.37. The van der Waals surface area contributed by atoms with E-state index >= 15 is 0 Å². The fourth-order valence-corrected chi connectivity index (χ4v) is 2.49. The van der Waals surface area contributed by atoms with Crippen molar-refractivity contribution in [1.82, 2.24) is 0 Å². The number of benzene rings is 2. The molecule has 0 saturated carbocycles. The molecule has 7 heteroatoms. The van der Waals surface area contributed by atoms with Gasteiger partial charge in [0.15, 0.2) is 0 Å². The number of rotatable bonds is 3. The Hall–Kier alpha value is -1.34. The van der Waals surface area contributed by atoms with Crippen LogP contribution < -0.4 is 5.32 Å². The normalized spacial score (nSPS) is 11.3. The maximum Gasteiger partial charge on any atom is 0.416 e. The number of carbonyl (C=O) groups is 1. The molecule has 2 rings (SSSR count). The van der Waals surface area contributed by atoms with Gasteiger partial charge in [-0.3, -0.25) is 4.79 Å². The number of amides is 1. The number of nitrogens with one attached hydrogen (secondary N) is 1. The molecular formula is C15H10Br2F3NO. The second-order valence-corrected chi connectivity index (χ2v) is 6.31. The van der Waals surface area contributed by atoms with E-state index in [9.17, 15) is 18.0 Å². The van der Waals surface area contributed by atoms with E-state index in [1.165, 1.54) is 12.1 Å². The SMILES string of the molecule is O=C(Cc1ccc(C(F)(F)F)cc1)Nc1cc(Br)ccc1Br. The summed E-state index contributed by atoms with van der Waals surface area (Å²) in [5.41, 5.74) is 0.370. The van der Waals surface area contributed by atoms with Crippen LogP contribution in [0.3, 0.4) is 0 Å². The summed E-state index contributed by atoms with van der Waals surface area (Å²) in [4.78, 5) is 12.0. The second kappa shape index (κ2) is 6.83. The van der Waals surface area contributed by atoms with Crippen molar-refractivity contribution in [2.24, 2.45) is 0 Å². The highest BCUT2D eigenvalue weighted by Gasteiger charge is 2.29. The van der Waals surface area contributed by atoms with Crippen molar-refractivity contribution >= 4 is 43.5 Å². The third-order valence-corrected chi connectivity index (χ3v) is 4.03. The lowest BCUT2D eigenvalue weighted by molar-refractivity contribution is -0.137. The molecule has 0 radical (unpaired) electrons. The van der Waals surface area contributed by atoms with Crippen molar-refractivity contribution in [2.45, 2.75) is 12.6 Å². The van der Waals surface area contributed by atoms with Crippen molar-refractivity contribution in [3.8, 4) is 0 Å². The average Bonchev–Trinajstić information content (AvgIpc) is 2.42. The first-order chi connectivity index (χ1) is 10.3. The van der Waals surface area contributed by atoms with E-state index in [1.807, 2.05) is 6.07 Å². The number of hydrogen-bond acceptors (Lipinski definition) is 1. The van der Waals surface area contributed by atoms with Gasteiger partial charge in [-0.25, -0.2) is 0 Å². The Morgan fingerprint density at radius 3 is 2.27 bits per heavy atom. The average molecular weight is 437 g/mol. The van der Waals surface area contributed by atoms with Gasteiger partial charge in [0.25, 0.3) is 0 Å². The summed E-state index contributed by atoms with van der Waals surface area (Å²) < 4.78 is 38.9. The molecular weight excluding hydrogens is 427 g/mol. The number of anilines is 1. The van der Waals surface area contributed by atoms with Gasteiger partial charge < -0.3 is 5.32 Å². The quantitative estimate of drug-likeness (QED) is 0.684. The van der Waals surface area contributed by atoms with Crippen LogP contribution in [-0.4, -0.2) is 5.91 Å². The summed E-state index contributed by atoms with van der Waals surface area (Å²) in [6.07, 6.45) is -4.38. The Balaban J connectivity index is 2.04. The van der Waals surface area contributed by atoms with E-state index in [2.05, 4.69) is 37.2 Å². The lowest BCUT2D eigenvalue weighted by Crippen LogP contribution is -2.15. The van der Waals surface area contributed by atoms with Gasteiger partial charge in [0.1, 0.15) is 0 Å². The van der Waals surface area contributed by atoms with Crippen molar-refractivity contribution in [2.75, 3.05) is 5.32 Å². The molecule has 0 aliphatic heterocycles. The summed E-state index contributed by atoms with van der Waals surface area (Å²) in [6.45, 7) is 0. The highest BCUT2D eigenvalue weighted by molar-refractivity contribution is 9.11. The molecule has 1 N–H and O–H groups in total. The topological polar surface area (TPSA) is 29.1 Å². The second-order valence-electron chi connectivity index (χ2n) is 4.54. The highest BCUT2D eigenvalue weighted by Crippen LogP contribution is 2.29. The van der Waals surface area contributed by atoms with E-state index in [1.54, 1.807) is 12.1 Å². The van der Waals surface area contributed by atoms with Gasteiger partial charge in [-0.2, -0.15) is 13.2 Å². The van der Waals surface area contributed by atoms with Crippen LogP contribution >= 0.6 is 31.9 Å². The Bertz CT molecular complexity index is 684. The lowest BCUT2D eigenvalue weighted by atomic mass is 10.1. The lowest BCUT2D eigenvalue weighted by Gasteiger charge is -2.09. The zero-order valence-corrected chi connectivity index (χ0v) is 14.2. The Morgan fingerprint density at radius 1 is 1.05 bits per heavy atom. The highest BCUT2D eigenvalue weighted by atomic mass is 79.9. The molecule has 2 aromatic carbocycles. The van der Waals surface area contributed by atoms with Crippen LogP contribution in [0.4, 0.5) is 18.9 Å². The van der Waals surface area contributed by atoms with Crippen LogP contribution in [-0.2, 0) is 17.4 Å². The summed E-state index contributed by atoms with van der Waals surface area (Å²) >= 11 is 6.62. The first-order valence-electron chi connectivity index (χ1n) is 6.17. The molecule has 0 unspecified atom stereocenters. The maximum atomic E-state index is 12.5. The van der Waals surface area contributed by atoms with Gasteiger partial charge in [-0.1, -0.05) is 28.1 Å². The first kappa shape index (κ1) is 17.0. The fraction of sp³-hybridized carbons (Fsp3) is 0.133. The minimum Gasteiger partial charge on any atom is -0.325 e. The molecule has 0 aliphatic carbocycles. The molecule has 1 amide bonds. The number of alkyl halides is 3. The standard InChI is InChI=1S/C15H10Br2F3NO/c16-11-5-6-12(17)13(8-11)21-14(22)7-9-1-3-10(4-2-9)15(18,19)20/h1-6,8H,7H2,(H,21,22). The van der Waals surface area contributed by atoms with Crippen molar-refractivity contribution in [3.05, 3.63) is 62.5 Å². The third-order valence-electron chi connectivity index (χ3n) is 2.85. The van der Waals surface area contributed by atoms with Gasteiger partial charge in [-0.05, 0) is 51.8 Å². The van der Waals surface area contributed by atoms with Crippen LogP contribution in [0.5, 0.6) is 0 Å². The van der Waals surface area contributed by atoms with E-state index in [0.717, 1.165) is 21.1 Å². The molecule has 0 aromatic heterocycles.